The summed E-state index contributed by atoms with van der Waals surface area (Å²) >= 11 is 0. The molecule has 4 atom stereocenters. The highest BCUT2D eigenvalue weighted by atomic mass is 16.8. The van der Waals surface area contributed by atoms with E-state index in [1.165, 1.54) is 0 Å². The van der Waals surface area contributed by atoms with Gasteiger partial charge < -0.3 is 14.2 Å². The topological polar surface area (TPSA) is 27.7 Å². The van der Waals surface area contributed by atoms with Gasteiger partial charge in [-0.2, -0.15) is 0 Å². The van der Waals surface area contributed by atoms with Crippen LogP contribution in [-0.4, -0.2) is 29.2 Å². The lowest BCUT2D eigenvalue weighted by Crippen LogP contribution is -2.41. The minimum absolute atomic E-state index is 0.0243. The second-order valence-electron chi connectivity index (χ2n) is 5.68. The van der Waals surface area contributed by atoms with Crippen molar-refractivity contribution in [1.82, 2.24) is 0 Å². The Morgan fingerprint density at radius 3 is 2.47 bits per heavy atom. The highest BCUT2D eigenvalue weighted by molar-refractivity contribution is 5.23. The lowest BCUT2D eigenvalue weighted by molar-refractivity contribution is -0.219. The molecule has 84 valence electrons. The molecule has 0 aromatic rings. The first-order valence-corrected chi connectivity index (χ1v) is 5.58. The zero-order valence-electron chi connectivity index (χ0n) is 9.74. The van der Waals surface area contributed by atoms with Crippen molar-refractivity contribution in [1.29, 1.82) is 0 Å². The van der Waals surface area contributed by atoms with E-state index in [0.717, 1.165) is 6.42 Å². The first-order valence-electron chi connectivity index (χ1n) is 5.58. The van der Waals surface area contributed by atoms with Crippen LogP contribution < -0.4 is 0 Å². The van der Waals surface area contributed by atoms with Gasteiger partial charge in [-0.3, -0.25) is 0 Å². The average Bonchev–Trinajstić information content (AvgIpc) is 2.47. The number of hydrogen-bond donors (Lipinski definition) is 0. The maximum Gasteiger partial charge on any atom is 0.164 e. The van der Waals surface area contributed by atoms with Gasteiger partial charge in [-0.25, -0.2) is 0 Å². The molecule has 0 saturated carbocycles. The third-order valence-electron chi connectivity index (χ3n) is 3.69. The molecular weight excluding hydrogens is 192 g/mol. The number of hydrogen-bond acceptors (Lipinski definition) is 3. The molecule has 2 saturated heterocycles. The van der Waals surface area contributed by atoms with Crippen LogP contribution in [0.5, 0.6) is 0 Å². The molecule has 3 heteroatoms. The standard InChI is InChI=1S/C12H18O3/c1-10(2)13-8-9(14-10)12(4)7-5-6-11(8,3)15-12/h5-6,8-9H,7H2,1-4H3. The number of ether oxygens (including phenoxy) is 3. The molecule has 3 nitrogen and oxygen atoms in total. The van der Waals surface area contributed by atoms with Crippen LogP contribution in [0.4, 0.5) is 0 Å². The quantitative estimate of drug-likeness (QED) is 0.572. The molecule has 3 heterocycles. The van der Waals surface area contributed by atoms with E-state index in [2.05, 4.69) is 26.0 Å². The Bertz CT molecular complexity index is 336. The zero-order valence-corrected chi connectivity index (χ0v) is 9.74. The Hall–Kier alpha value is -0.380. The van der Waals surface area contributed by atoms with Gasteiger partial charge in [0.05, 0.1) is 5.60 Å². The second kappa shape index (κ2) is 2.47. The Labute approximate surface area is 90.4 Å². The molecule has 3 aliphatic heterocycles. The monoisotopic (exact) mass is 210 g/mol. The Kier molecular flexibility index (Phi) is 1.62. The summed E-state index contributed by atoms with van der Waals surface area (Å²) in [5.41, 5.74) is -0.534. The van der Waals surface area contributed by atoms with E-state index in [1.807, 2.05) is 13.8 Å². The molecular formula is C12H18O3. The third kappa shape index (κ3) is 1.17. The van der Waals surface area contributed by atoms with Crippen LogP contribution in [0.25, 0.3) is 0 Å². The van der Waals surface area contributed by atoms with E-state index >= 15 is 0 Å². The molecule has 3 aliphatic rings. The van der Waals surface area contributed by atoms with Gasteiger partial charge in [-0.15, -0.1) is 0 Å². The maximum absolute atomic E-state index is 6.10. The van der Waals surface area contributed by atoms with E-state index in [9.17, 15) is 0 Å². The molecule has 0 aliphatic carbocycles. The maximum atomic E-state index is 6.10. The van der Waals surface area contributed by atoms with E-state index in [-0.39, 0.29) is 23.4 Å². The molecule has 0 radical (unpaired) electrons. The first-order chi connectivity index (χ1) is 6.85. The predicted octanol–water partition coefficient (Wildman–Crippen LogP) is 2.01. The predicted molar refractivity (Wildman–Crippen MR) is 55.5 cm³/mol. The molecule has 0 aromatic carbocycles. The van der Waals surface area contributed by atoms with Crippen molar-refractivity contribution < 1.29 is 14.2 Å². The van der Waals surface area contributed by atoms with Gasteiger partial charge >= 0.3 is 0 Å². The fraction of sp³-hybridized carbons (Fsp3) is 0.833. The Morgan fingerprint density at radius 2 is 1.73 bits per heavy atom. The molecule has 0 N–H and O–H groups in total. The summed E-state index contributed by atoms with van der Waals surface area (Å²) in [6.07, 6.45) is 5.28. The molecule has 2 bridgehead atoms. The molecule has 2 fully saturated rings. The summed E-state index contributed by atoms with van der Waals surface area (Å²) in [5, 5.41) is 0. The average molecular weight is 210 g/mol. The van der Waals surface area contributed by atoms with Crippen molar-refractivity contribution in [2.75, 3.05) is 0 Å². The van der Waals surface area contributed by atoms with E-state index in [0.29, 0.717) is 0 Å². The zero-order chi connectivity index (χ0) is 10.9. The van der Waals surface area contributed by atoms with Crippen LogP contribution in [0.15, 0.2) is 12.2 Å². The first kappa shape index (κ1) is 9.82. The van der Waals surface area contributed by atoms with Crippen LogP contribution in [0.1, 0.15) is 34.1 Å². The summed E-state index contributed by atoms with van der Waals surface area (Å²) in [5.74, 6) is -0.479. The molecule has 3 rings (SSSR count). The summed E-state index contributed by atoms with van der Waals surface area (Å²) in [6, 6.07) is 0. The Morgan fingerprint density at radius 1 is 1.07 bits per heavy atom. The molecule has 0 aromatic heterocycles. The molecule has 0 amide bonds. The minimum Gasteiger partial charge on any atom is -0.359 e. The molecule has 0 spiro atoms. The lowest BCUT2D eigenvalue weighted by atomic mass is 9.94. The van der Waals surface area contributed by atoms with E-state index in [4.69, 9.17) is 14.2 Å². The Balaban J connectivity index is 2.04. The van der Waals surface area contributed by atoms with Gasteiger partial charge in [0.1, 0.15) is 17.8 Å². The van der Waals surface area contributed by atoms with Gasteiger partial charge in [-0.05, 0) is 34.1 Å². The van der Waals surface area contributed by atoms with Gasteiger partial charge in [0.25, 0.3) is 0 Å². The van der Waals surface area contributed by atoms with Crippen molar-refractivity contribution in [3.63, 3.8) is 0 Å². The molecule has 15 heavy (non-hydrogen) atoms. The minimum atomic E-state index is -0.479. The highest BCUT2D eigenvalue weighted by Crippen LogP contribution is 2.52. The second-order valence-corrected chi connectivity index (χ2v) is 5.68. The fourth-order valence-corrected chi connectivity index (χ4v) is 3.06. The summed E-state index contributed by atoms with van der Waals surface area (Å²) < 4.78 is 18.0. The van der Waals surface area contributed by atoms with Gasteiger partial charge in [0, 0.05) is 0 Å². The highest BCUT2D eigenvalue weighted by Gasteiger charge is 2.65. The third-order valence-corrected chi connectivity index (χ3v) is 3.69. The lowest BCUT2D eigenvalue weighted by Gasteiger charge is -2.36. The van der Waals surface area contributed by atoms with Crippen molar-refractivity contribution in [2.45, 2.75) is 63.3 Å². The van der Waals surface area contributed by atoms with Gasteiger partial charge in [0.2, 0.25) is 0 Å². The number of fused-ring (bicyclic) bond motifs is 5. The van der Waals surface area contributed by atoms with Crippen molar-refractivity contribution in [3.8, 4) is 0 Å². The summed E-state index contributed by atoms with van der Waals surface area (Å²) in [4.78, 5) is 0. The van der Waals surface area contributed by atoms with Crippen LogP contribution >= 0.6 is 0 Å². The van der Waals surface area contributed by atoms with Crippen molar-refractivity contribution in [2.24, 2.45) is 0 Å². The van der Waals surface area contributed by atoms with Crippen LogP contribution in [0, 0.1) is 0 Å². The van der Waals surface area contributed by atoms with Crippen molar-refractivity contribution >= 4 is 0 Å². The molecule has 4 unspecified atom stereocenters. The normalized spacial score (nSPS) is 55.7. The van der Waals surface area contributed by atoms with Crippen LogP contribution in [-0.2, 0) is 14.2 Å². The fourth-order valence-electron chi connectivity index (χ4n) is 3.06. The van der Waals surface area contributed by atoms with Gasteiger partial charge in [0.15, 0.2) is 5.79 Å². The SMILES string of the molecule is CC1(C)OC2C(O1)C1(C)CC=CC2(C)O1. The van der Waals surface area contributed by atoms with Crippen LogP contribution in [0.2, 0.25) is 0 Å². The van der Waals surface area contributed by atoms with Crippen LogP contribution in [0.3, 0.4) is 0 Å². The van der Waals surface area contributed by atoms with Gasteiger partial charge in [-0.1, -0.05) is 12.2 Å². The van der Waals surface area contributed by atoms with E-state index < -0.39 is 5.79 Å². The smallest absolute Gasteiger partial charge is 0.164 e. The summed E-state index contributed by atoms with van der Waals surface area (Å²) in [7, 11) is 0. The van der Waals surface area contributed by atoms with E-state index in [1.54, 1.807) is 0 Å². The van der Waals surface area contributed by atoms with Crippen molar-refractivity contribution in [3.05, 3.63) is 12.2 Å². The number of rotatable bonds is 0. The largest absolute Gasteiger partial charge is 0.359 e. The summed E-state index contributed by atoms with van der Waals surface area (Å²) in [6.45, 7) is 8.13.